The monoisotopic (exact) mass is 383 g/mol. The van der Waals surface area contributed by atoms with Gasteiger partial charge in [-0.05, 0) is 6.92 Å². The lowest BCUT2D eigenvalue weighted by Crippen LogP contribution is -2.55. The van der Waals surface area contributed by atoms with Crippen LogP contribution in [0.15, 0.2) is 34.7 Å². The number of aliphatic hydroxyl groups is 1. The van der Waals surface area contributed by atoms with Crippen LogP contribution < -0.4 is 5.01 Å². The summed E-state index contributed by atoms with van der Waals surface area (Å²) >= 11 is 1.02. The molecule has 0 fully saturated rings. The molecule has 140 valence electrons. The molecule has 0 amide bonds. The Morgan fingerprint density at radius 3 is 2.31 bits per heavy atom. The average Bonchev–Trinajstić information content (AvgIpc) is 3.12. The van der Waals surface area contributed by atoms with Gasteiger partial charge >= 0.3 is 6.18 Å². The summed E-state index contributed by atoms with van der Waals surface area (Å²) in [5.74, 6) is 0. The molecule has 1 aliphatic rings. The molecule has 3 rings (SSSR count). The summed E-state index contributed by atoms with van der Waals surface area (Å²) in [5, 5.41) is 16.8. The van der Waals surface area contributed by atoms with Gasteiger partial charge in [0, 0.05) is 28.5 Å². The smallest absolute Gasteiger partial charge is 0.362 e. The predicted octanol–water partition coefficient (Wildman–Crippen LogP) is 4.98. The van der Waals surface area contributed by atoms with Gasteiger partial charge in [0.25, 0.3) is 5.72 Å². The normalized spacial score (nSPS) is 21.2. The van der Waals surface area contributed by atoms with Gasteiger partial charge in [0.1, 0.15) is 0 Å². The minimum Gasteiger partial charge on any atom is -0.362 e. The second-order valence-corrected chi connectivity index (χ2v) is 8.32. The molecular formula is C18H20F3N3OS. The van der Waals surface area contributed by atoms with Crippen molar-refractivity contribution in [3.05, 3.63) is 35.2 Å². The van der Waals surface area contributed by atoms with E-state index in [1.165, 1.54) is 0 Å². The van der Waals surface area contributed by atoms with Gasteiger partial charge < -0.3 is 5.11 Å². The molecule has 0 unspecified atom stereocenters. The molecule has 4 nitrogen and oxygen atoms in total. The van der Waals surface area contributed by atoms with Crippen LogP contribution in [0.4, 0.5) is 18.3 Å². The van der Waals surface area contributed by atoms with Gasteiger partial charge in [-0.3, -0.25) is 0 Å². The van der Waals surface area contributed by atoms with Crippen molar-refractivity contribution >= 4 is 22.2 Å². The molecule has 2 heterocycles. The number of nitrogens with zero attached hydrogens (tertiary/aromatic N) is 3. The second-order valence-electron chi connectivity index (χ2n) is 7.48. The fourth-order valence-corrected chi connectivity index (χ4v) is 3.45. The molecule has 0 spiro atoms. The van der Waals surface area contributed by atoms with Gasteiger partial charge in [-0.1, -0.05) is 50.6 Å². The quantitative estimate of drug-likeness (QED) is 0.796. The highest BCUT2D eigenvalue weighted by Gasteiger charge is 2.63. The Balaban J connectivity index is 2.02. The highest BCUT2D eigenvalue weighted by atomic mass is 32.1. The number of aryl methyl sites for hydroxylation is 1. The zero-order chi connectivity index (χ0) is 19.3. The first-order valence-electron chi connectivity index (χ1n) is 8.12. The maximum atomic E-state index is 13.6. The van der Waals surface area contributed by atoms with Crippen LogP contribution in [0.3, 0.4) is 0 Å². The van der Waals surface area contributed by atoms with E-state index in [9.17, 15) is 18.3 Å². The van der Waals surface area contributed by atoms with Gasteiger partial charge in [-0.15, -0.1) is 11.3 Å². The summed E-state index contributed by atoms with van der Waals surface area (Å²) in [5.41, 5.74) is -0.968. The van der Waals surface area contributed by atoms with Gasteiger partial charge in [0.15, 0.2) is 0 Å². The third kappa shape index (κ3) is 3.23. The van der Waals surface area contributed by atoms with Crippen molar-refractivity contribution < 1.29 is 18.3 Å². The predicted molar refractivity (Wildman–Crippen MR) is 97.3 cm³/mol. The zero-order valence-electron chi connectivity index (χ0n) is 14.9. The number of aromatic nitrogens is 1. The van der Waals surface area contributed by atoms with Gasteiger partial charge in [-0.2, -0.15) is 23.3 Å². The number of benzene rings is 1. The lowest BCUT2D eigenvalue weighted by atomic mass is 9.86. The van der Waals surface area contributed by atoms with E-state index in [2.05, 4.69) is 10.1 Å². The molecule has 1 aromatic carbocycles. The van der Waals surface area contributed by atoms with E-state index in [0.29, 0.717) is 10.7 Å². The van der Waals surface area contributed by atoms with E-state index in [1.807, 2.05) is 31.2 Å². The third-order valence-electron chi connectivity index (χ3n) is 4.33. The van der Waals surface area contributed by atoms with E-state index >= 15 is 0 Å². The molecule has 1 atom stereocenters. The largest absolute Gasteiger partial charge is 0.438 e. The summed E-state index contributed by atoms with van der Waals surface area (Å²) in [6.45, 7) is 7.26. The van der Waals surface area contributed by atoms with Crippen LogP contribution in [-0.2, 0) is 0 Å². The van der Waals surface area contributed by atoms with Gasteiger partial charge in [0.2, 0.25) is 5.13 Å². The minimum atomic E-state index is -4.86. The molecule has 26 heavy (non-hydrogen) atoms. The standard InChI is InChI=1S/C18H20F3N3OS/c1-11-5-7-12(8-6-11)13-10-26-15(22-13)24-17(25,18(19,20)21)9-14(23-24)16(2,3)4/h5-8,10,25H,9H2,1-4H3/t17-/m0/s1. The van der Waals surface area contributed by atoms with Crippen molar-refractivity contribution in [2.75, 3.05) is 5.01 Å². The Kier molecular flexibility index (Phi) is 4.39. The van der Waals surface area contributed by atoms with Crippen LogP contribution in [0, 0.1) is 12.3 Å². The fraction of sp³-hybridized carbons (Fsp3) is 0.444. The lowest BCUT2D eigenvalue weighted by Gasteiger charge is -2.32. The summed E-state index contributed by atoms with van der Waals surface area (Å²) in [6, 6.07) is 7.54. The van der Waals surface area contributed by atoms with Crippen LogP contribution in [0.25, 0.3) is 11.3 Å². The molecule has 0 saturated carbocycles. The molecule has 0 radical (unpaired) electrons. The SMILES string of the molecule is Cc1ccc(-c2csc(N3N=C(C(C)(C)C)C[C@]3(O)C(F)(F)F)n2)cc1. The highest BCUT2D eigenvalue weighted by molar-refractivity contribution is 7.14. The van der Waals surface area contributed by atoms with Gasteiger partial charge in [-0.25, -0.2) is 4.98 Å². The molecule has 1 aliphatic heterocycles. The third-order valence-corrected chi connectivity index (χ3v) is 5.14. The molecule has 1 aromatic heterocycles. The highest BCUT2D eigenvalue weighted by Crippen LogP contribution is 2.46. The number of rotatable bonds is 2. The van der Waals surface area contributed by atoms with Crippen LogP contribution >= 0.6 is 11.3 Å². The number of halogens is 3. The molecule has 2 aromatic rings. The maximum absolute atomic E-state index is 13.6. The summed E-state index contributed by atoms with van der Waals surface area (Å²) in [6.07, 6.45) is -5.46. The van der Waals surface area contributed by atoms with Crippen molar-refractivity contribution in [2.45, 2.75) is 46.0 Å². The van der Waals surface area contributed by atoms with E-state index in [0.717, 1.165) is 22.5 Å². The first kappa shape index (κ1) is 18.8. The minimum absolute atomic E-state index is 0.0136. The van der Waals surface area contributed by atoms with E-state index < -0.39 is 23.7 Å². The Hall–Kier alpha value is -1.93. The number of hydrazone groups is 1. The number of hydrogen-bond donors (Lipinski definition) is 1. The van der Waals surface area contributed by atoms with Gasteiger partial charge in [0.05, 0.1) is 5.69 Å². The number of hydrogen-bond acceptors (Lipinski definition) is 5. The molecule has 1 N–H and O–H groups in total. The van der Waals surface area contributed by atoms with Crippen LogP contribution in [-0.4, -0.2) is 27.7 Å². The van der Waals surface area contributed by atoms with Crippen LogP contribution in [0.5, 0.6) is 0 Å². The maximum Gasteiger partial charge on any atom is 0.438 e. The van der Waals surface area contributed by atoms with Crippen molar-refractivity contribution in [2.24, 2.45) is 10.5 Å². The van der Waals surface area contributed by atoms with E-state index in [-0.39, 0.29) is 10.8 Å². The Labute approximate surface area is 154 Å². The summed E-state index contributed by atoms with van der Waals surface area (Å²) in [4.78, 5) is 4.29. The number of anilines is 1. The van der Waals surface area contributed by atoms with E-state index in [1.54, 1.807) is 26.2 Å². The molecular weight excluding hydrogens is 363 g/mol. The van der Waals surface area contributed by atoms with Crippen LogP contribution in [0.1, 0.15) is 32.8 Å². The lowest BCUT2D eigenvalue weighted by molar-refractivity contribution is -0.254. The molecule has 0 saturated heterocycles. The molecule has 0 bridgehead atoms. The fourth-order valence-electron chi connectivity index (χ4n) is 2.60. The van der Waals surface area contributed by atoms with Crippen molar-refractivity contribution in [1.29, 1.82) is 0 Å². The second kappa shape index (κ2) is 6.06. The topological polar surface area (TPSA) is 48.7 Å². The van der Waals surface area contributed by atoms with E-state index in [4.69, 9.17) is 0 Å². The zero-order valence-corrected chi connectivity index (χ0v) is 15.7. The van der Waals surface area contributed by atoms with Crippen molar-refractivity contribution in [3.63, 3.8) is 0 Å². The Morgan fingerprint density at radius 1 is 1.15 bits per heavy atom. The summed E-state index contributed by atoms with van der Waals surface area (Å²) < 4.78 is 40.9. The Bertz CT molecular complexity index is 837. The van der Waals surface area contributed by atoms with Crippen molar-refractivity contribution in [1.82, 2.24) is 4.98 Å². The molecule has 8 heteroatoms. The average molecular weight is 383 g/mol. The van der Waals surface area contributed by atoms with Crippen molar-refractivity contribution in [3.8, 4) is 11.3 Å². The first-order chi connectivity index (χ1) is 11.9. The van der Waals surface area contributed by atoms with Crippen LogP contribution in [0.2, 0.25) is 0 Å². The number of alkyl halides is 3. The number of thiazole rings is 1. The molecule has 0 aliphatic carbocycles. The first-order valence-corrected chi connectivity index (χ1v) is 9.00. The summed E-state index contributed by atoms with van der Waals surface area (Å²) in [7, 11) is 0. The Morgan fingerprint density at radius 2 is 1.77 bits per heavy atom.